The van der Waals surface area contributed by atoms with Crippen LogP contribution < -0.4 is 0 Å². The van der Waals surface area contributed by atoms with Crippen molar-refractivity contribution in [1.29, 1.82) is 0 Å². The van der Waals surface area contributed by atoms with Crippen LogP contribution in [0.1, 0.15) is 23.7 Å². The fourth-order valence-corrected chi connectivity index (χ4v) is 1.37. The quantitative estimate of drug-likeness (QED) is 0.504. The van der Waals surface area contributed by atoms with Gasteiger partial charge in [-0.25, -0.2) is 13.2 Å². The van der Waals surface area contributed by atoms with Crippen LogP contribution in [0.4, 0.5) is 13.2 Å². The van der Waals surface area contributed by atoms with Crippen molar-refractivity contribution in [2.45, 2.75) is 13.3 Å². The van der Waals surface area contributed by atoms with Crippen molar-refractivity contribution in [3.63, 3.8) is 0 Å². The fraction of sp³-hybridized carbons (Fsp3) is 0.273. The highest BCUT2D eigenvalue weighted by Gasteiger charge is 2.28. The van der Waals surface area contributed by atoms with Crippen molar-refractivity contribution in [3.8, 4) is 0 Å². The summed E-state index contributed by atoms with van der Waals surface area (Å²) in [4.78, 5) is 22.3. The molecule has 0 aliphatic heterocycles. The highest BCUT2D eigenvalue weighted by molar-refractivity contribution is 6.08. The number of ketones is 1. The number of Topliss-reactive ketones (excluding diaryl/α,β-unsaturated/α-hetero) is 1. The zero-order valence-electron chi connectivity index (χ0n) is 8.84. The van der Waals surface area contributed by atoms with Gasteiger partial charge in [0.15, 0.2) is 17.4 Å². The molecule has 0 heterocycles. The van der Waals surface area contributed by atoms with Gasteiger partial charge in [0.05, 0.1) is 5.56 Å². The van der Waals surface area contributed by atoms with Crippen molar-refractivity contribution in [2.75, 3.05) is 0 Å². The van der Waals surface area contributed by atoms with Gasteiger partial charge in [-0.1, -0.05) is 6.92 Å². The molecular formula is C11H9F3O3. The number of carbonyl (C=O) groups excluding carboxylic acids is 1. The van der Waals surface area contributed by atoms with E-state index >= 15 is 0 Å². The van der Waals surface area contributed by atoms with E-state index in [9.17, 15) is 22.8 Å². The maximum absolute atomic E-state index is 13.2. The number of carboxylic acids is 1. The van der Waals surface area contributed by atoms with Crippen LogP contribution in [-0.2, 0) is 4.79 Å². The Morgan fingerprint density at radius 3 is 2.18 bits per heavy atom. The summed E-state index contributed by atoms with van der Waals surface area (Å²) in [6.07, 6.45) is -0.0629. The largest absolute Gasteiger partial charge is 0.481 e. The molecule has 0 saturated carbocycles. The summed E-state index contributed by atoms with van der Waals surface area (Å²) in [5.74, 6) is -8.06. The number of rotatable bonds is 4. The van der Waals surface area contributed by atoms with Gasteiger partial charge in [0.1, 0.15) is 11.7 Å². The highest BCUT2D eigenvalue weighted by atomic mass is 19.2. The minimum absolute atomic E-state index is 0.0629. The summed E-state index contributed by atoms with van der Waals surface area (Å²) in [6, 6.07) is 0.593. The van der Waals surface area contributed by atoms with Gasteiger partial charge < -0.3 is 5.11 Å². The van der Waals surface area contributed by atoms with E-state index in [1.165, 1.54) is 6.92 Å². The fourth-order valence-electron chi connectivity index (χ4n) is 1.37. The number of carboxylic acid groups (broad SMARTS) is 1. The Morgan fingerprint density at radius 2 is 1.71 bits per heavy atom. The average molecular weight is 246 g/mol. The first kappa shape index (κ1) is 13.2. The van der Waals surface area contributed by atoms with Crippen molar-refractivity contribution in [2.24, 2.45) is 5.92 Å². The number of aliphatic carboxylic acids is 1. The molecule has 0 aromatic heterocycles. The Hall–Kier alpha value is -1.85. The summed E-state index contributed by atoms with van der Waals surface area (Å²) >= 11 is 0. The monoisotopic (exact) mass is 246 g/mol. The van der Waals surface area contributed by atoms with Crippen molar-refractivity contribution in [1.82, 2.24) is 0 Å². The molecule has 0 unspecified atom stereocenters. The van der Waals surface area contributed by atoms with Crippen LogP contribution >= 0.6 is 0 Å². The van der Waals surface area contributed by atoms with Gasteiger partial charge in [-0.05, 0) is 12.5 Å². The topological polar surface area (TPSA) is 54.4 Å². The molecule has 0 amide bonds. The molecule has 1 aromatic carbocycles. The smallest absolute Gasteiger partial charge is 0.314 e. The SMILES string of the molecule is CC[C@H](C(=O)O)C(=O)c1cc(F)c(F)cc1F. The van der Waals surface area contributed by atoms with Crippen LogP contribution in [0.25, 0.3) is 0 Å². The predicted molar refractivity (Wildman–Crippen MR) is 52.1 cm³/mol. The van der Waals surface area contributed by atoms with Gasteiger partial charge in [0.25, 0.3) is 0 Å². The van der Waals surface area contributed by atoms with Gasteiger partial charge >= 0.3 is 5.97 Å². The molecule has 1 N–H and O–H groups in total. The van der Waals surface area contributed by atoms with E-state index in [0.29, 0.717) is 6.07 Å². The molecule has 0 bridgehead atoms. The third kappa shape index (κ3) is 2.64. The third-order valence-corrected chi connectivity index (χ3v) is 2.30. The molecule has 1 rings (SSSR count). The molecule has 92 valence electrons. The number of benzene rings is 1. The molecule has 0 spiro atoms. The molecule has 0 aliphatic rings. The van der Waals surface area contributed by atoms with E-state index in [2.05, 4.69) is 0 Å². The number of carbonyl (C=O) groups is 2. The van der Waals surface area contributed by atoms with Crippen LogP contribution in [0.3, 0.4) is 0 Å². The van der Waals surface area contributed by atoms with Crippen LogP contribution in [-0.4, -0.2) is 16.9 Å². The Bertz CT molecular complexity index is 471. The standard InChI is InChI=1S/C11H9F3O3/c1-2-5(11(16)17)10(15)6-3-8(13)9(14)4-7(6)12/h3-5H,2H2,1H3,(H,16,17)/t5-/m0/s1. The lowest BCUT2D eigenvalue weighted by Crippen LogP contribution is -2.24. The van der Waals surface area contributed by atoms with Gasteiger partial charge in [-0.2, -0.15) is 0 Å². The van der Waals surface area contributed by atoms with Crippen molar-refractivity contribution >= 4 is 11.8 Å². The highest BCUT2D eigenvalue weighted by Crippen LogP contribution is 2.19. The van der Waals surface area contributed by atoms with Gasteiger partial charge in [-0.3, -0.25) is 9.59 Å². The minimum Gasteiger partial charge on any atom is -0.481 e. The summed E-state index contributed by atoms with van der Waals surface area (Å²) in [7, 11) is 0. The summed E-state index contributed by atoms with van der Waals surface area (Å²) in [5.41, 5.74) is -0.752. The number of halogens is 3. The number of hydrogen-bond donors (Lipinski definition) is 1. The lowest BCUT2D eigenvalue weighted by Gasteiger charge is -2.09. The molecule has 6 heteroatoms. The van der Waals surface area contributed by atoms with E-state index < -0.39 is 40.7 Å². The van der Waals surface area contributed by atoms with Gasteiger partial charge in [0, 0.05) is 6.07 Å². The van der Waals surface area contributed by atoms with E-state index in [-0.39, 0.29) is 12.5 Å². The Morgan fingerprint density at radius 1 is 1.18 bits per heavy atom. The zero-order valence-corrected chi connectivity index (χ0v) is 8.84. The zero-order chi connectivity index (χ0) is 13.2. The Kier molecular flexibility index (Phi) is 3.88. The maximum atomic E-state index is 13.2. The average Bonchev–Trinajstić information content (AvgIpc) is 2.23. The predicted octanol–water partition coefficient (Wildman–Crippen LogP) is 2.40. The van der Waals surface area contributed by atoms with Gasteiger partial charge in [0.2, 0.25) is 0 Å². The summed E-state index contributed by atoms with van der Waals surface area (Å²) in [5, 5.41) is 8.71. The first-order valence-corrected chi connectivity index (χ1v) is 4.80. The molecule has 0 fully saturated rings. The molecule has 0 saturated heterocycles. The second kappa shape index (κ2) is 4.99. The second-order valence-electron chi connectivity index (χ2n) is 3.41. The molecule has 0 aliphatic carbocycles. The first-order valence-electron chi connectivity index (χ1n) is 4.80. The molecular weight excluding hydrogens is 237 g/mol. The van der Waals surface area contributed by atoms with Gasteiger partial charge in [-0.15, -0.1) is 0 Å². The molecule has 0 radical (unpaired) electrons. The van der Waals surface area contributed by atoms with E-state index in [1.807, 2.05) is 0 Å². The van der Waals surface area contributed by atoms with Crippen molar-refractivity contribution in [3.05, 3.63) is 35.1 Å². The lowest BCUT2D eigenvalue weighted by molar-refractivity contribution is -0.140. The van der Waals surface area contributed by atoms with E-state index in [4.69, 9.17) is 5.11 Å². The summed E-state index contributed by atoms with van der Waals surface area (Å²) in [6.45, 7) is 1.43. The number of hydrogen-bond acceptors (Lipinski definition) is 2. The molecule has 3 nitrogen and oxygen atoms in total. The van der Waals surface area contributed by atoms with Crippen LogP contribution in [0.2, 0.25) is 0 Å². The van der Waals surface area contributed by atoms with Crippen LogP contribution in [0.5, 0.6) is 0 Å². The van der Waals surface area contributed by atoms with E-state index in [1.54, 1.807) is 0 Å². The molecule has 17 heavy (non-hydrogen) atoms. The summed E-state index contributed by atoms with van der Waals surface area (Å²) < 4.78 is 38.7. The van der Waals surface area contributed by atoms with Crippen LogP contribution in [0.15, 0.2) is 12.1 Å². The molecule has 1 atom stereocenters. The minimum atomic E-state index is -1.46. The Balaban J connectivity index is 3.20. The lowest BCUT2D eigenvalue weighted by atomic mass is 9.95. The molecule has 1 aromatic rings. The van der Waals surface area contributed by atoms with Crippen LogP contribution in [0, 0.1) is 23.4 Å². The maximum Gasteiger partial charge on any atom is 0.314 e. The Labute approximate surface area is 94.9 Å². The van der Waals surface area contributed by atoms with Crippen molar-refractivity contribution < 1.29 is 27.9 Å². The van der Waals surface area contributed by atoms with E-state index in [0.717, 1.165) is 0 Å². The normalized spacial score (nSPS) is 12.2. The third-order valence-electron chi connectivity index (χ3n) is 2.30. The second-order valence-corrected chi connectivity index (χ2v) is 3.41. The first-order chi connectivity index (χ1) is 7.88.